The lowest BCUT2D eigenvalue weighted by molar-refractivity contribution is -0.150. The molecule has 1 heterocycles. The van der Waals surface area contributed by atoms with Gasteiger partial charge in [0.2, 0.25) is 5.91 Å². The molecular weight excluding hydrogens is 194 g/mol. The summed E-state index contributed by atoms with van der Waals surface area (Å²) >= 11 is 0. The van der Waals surface area contributed by atoms with Crippen LogP contribution in [0.15, 0.2) is 24.3 Å². The Hall–Kier alpha value is -1.84. The Kier molecular flexibility index (Phi) is 2.00. The SMILES string of the molecule is COC(=O)[C@@]1(C)C(=O)Nc2ccccc21. The fourth-order valence-electron chi connectivity index (χ4n) is 1.80. The van der Waals surface area contributed by atoms with E-state index in [9.17, 15) is 9.59 Å². The van der Waals surface area contributed by atoms with Gasteiger partial charge in [-0.3, -0.25) is 9.59 Å². The van der Waals surface area contributed by atoms with Gasteiger partial charge < -0.3 is 10.1 Å². The van der Waals surface area contributed by atoms with Crippen LogP contribution < -0.4 is 5.32 Å². The molecule has 0 radical (unpaired) electrons. The number of esters is 1. The van der Waals surface area contributed by atoms with Crippen LogP contribution in [0.5, 0.6) is 0 Å². The standard InChI is InChI=1S/C11H11NO3/c1-11(10(14)15-2)7-5-3-4-6-8(7)12-9(11)13/h3-6H,1-2H3,(H,12,13)/t11-/m1/s1. The van der Waals surface area contributed by atoms with Gasteiger partial charge >= 0.3 is 5.97 Å². The number of carbonyl (C=O) groups excluding carboxylic acids is 2. The first kappa shape index (κ1) is 9.71. The normalized spacial score (nSPS) is 23.2. The molecule has 0 fully saturated rings. The van der Waals surface area contributed by atoms with Crippen molar-refractivity contribution in [1.29, 1.82) is 0 Å². The lowest BCUT2D eigenvalue weighted by Crippen LogP contribution is -2.40. The quantitative estimate of drug-likeness (QED) is 0.551. The molecule has 15 heavy (non-hydrogen) atoms. The van der Waals surface area contributed by atoms with Crippen LogP contribution >= 0.6 is 0 Å². The van der Waals surface area contributed by atoms with E-state index in [4.69, 9.17) is 0 Å². The molecule has 4 nitrogen and oxygen atoms in total. The van der Waals surface area contributed by atoms with Gasteiger partial charge in [-0.1, -0.05) is 18.2 Å². The number of ether oxygens (including phenoxy) is 1. The molecule has 0 saturated carbocycles. The summed E-state index contributed by atoms with van der Waals surface area (Å²) in [5.74, 6) is -0.875. The molecule has 0 bridgehead atoms. The summed E-state index contributed by atoms with van der Waals surface area (Å²) in [5.41, 5.74) is 0.128. The van der Waals surface area contributed by atoms with E-state index in [0.29, 0.717) is 11.3 Å². The first-order valence-corrected chi connectivity index (χ1v) is 4.60. The highest BCUT2D eigenvalue weighted by Gasteiger charge is 2.49. The van der Waals surface area contributed by atoms with Crippen LogP contribution in [-0.4, -0.2) is 19.0 Å². The van der Waals surface area contributed by atoms with Gasteiger partial charge in [0, 0.05) is 11.3 Å². The Bertz CT molecular complexity index is 431. The predicted octanol–water partition coefficient (Wildman–Crippen LogP) is 1.07. The molecule has 1 aromatic carbocycles. The van der Waals surface area contributed by atoms with Crippen LogP contribution in [0.4, 0.5) is 5.69 Å². The maximum Gasteiger partial charge on any atom is 0.325 e. The van der Waals surface area contributed by atoms with Gasteiger partial charge in [-0.15, -0.1) is 0 Å². The van der Waals surface area contributed by atoms with Crippen molar-refractivity contribution in [2.24, 2.45) is 0 Å². The van der Waals surface area contributed by atoms with Gasteiger partial charge in [0.25, 0.3) is 0 Å². The molecule has 78 valence electrons. The summed E-state index contributed by atoms with van der Waals surface area (Å²) in [5, 5.41) is 2.66. The number of nitrogens with one attached hydrogen (secondary N) is 1. The molecule has 0 aromatic heterocycles. The molecule has 1 N–H and O–H groups in total. The zero-order valence-electron chi connectivity index (χ0n) is 8.53. The van der Waals surface area contributed by atoms with Crippen LogP contribution in [0.1, 0.15) is 12.5 Å². The van der Waals surface area contributed by atoms with E-state index < -0.39 is 11.4 Å². The van der Waals surface area contributed by atoms with Crippen molar-refractivity contribution >= 4 is 17.6 Å². The van der Waals surface area contributed by atoms with Crippen LogP contribution in [0.3, 0.4) is 0 Å². The fourth-order valence-corrected chi connectivity index (χ4v) is 1.80. The average molecular weight is 205 g/mol. The second-order valence-corrected chi connectivity index (χ2v) is 3.62. The number of fused-ring (bicyclic) bond motifs is 1. The molecule has 0 unspecified atom stereocenters. The van der Waals surface area contributed by atoms with Crippen LogP contribution in [-0.2, 0) is 19.7 Å². The van der Waals surface area contributed by atoms with Gasteiger partial charge in [-0.2, -0.15) is 0 Å². The Morgan fingerprint density at radius 3 is 2.73 bits per heavy atom. The van der Waals surface area contributed by atoms with E-state index >= 15 is 0 Å². The first-order chi connectivity index (χ1) is 7.10. The largest absolute Gasteiger partial charge is 0.468 e. The van der Waals surface area contributed by atoms with Gasteiger partial charge in [0.05, 0.1) is 7.11 Å². The topological polar surface area (TPSA) is 55.4 Å². The van der Waals surface area contributed by atoms with Crippen molar-refractivity contribution in [3.05, 3.63) is 29.8 Å². The van der Waals surface area contributed by atoms with E-state index in [0.717, 1.165) is 0 Å². The molecule has 4 heteroatoms. The summed E-state index contributed by atoms with van der Waals surface area (Å²) in [6.07, 6.45) is 0. The van der Waals surface area contributed by atoms with E-state index in [1.807, 2.05) is 6.07 Å². The van der Waals surface area contributed by atoms with E-state index in [-0.39, 0.29) is 5.91 Å². The predicted molar refractivity (Wildman–Crippen MR) is 54.4 cm³/mol. The Balaban J connectivity index is 2.59. The second-order valence-electron chi connectivity index (χ2n) is 3.62. The number of hydrogen-bond donors (Lipinski definition) is 1. The summed E-state index contributed by atoms with van der Waals surface area (Å²) in [6.45, 7) is 1.57. The number of carbonyl (C=O) groups is 2. The monoisotopic (exact) mass is 205 g/mol. The van der Waals surface area contributed by atoms with Crippen molar-refractivity contribution in [1.82, 2.24) is 0 Å². The molecule has 1 aromatic rings. The number of hydrogen-bond acceptors (Lipinski definition) is 3. The first-order valence-electron chi connectivity index (χ1n) is 4.60. The van der Waals surface area contributed by atoms with Gasteiger partial charge in [-0.05, 0) is 13.0 Å². The van der Waals surface area contributed by atoms with Crippen LogP contribution in [0.2, 0.25) is 0 Å². The summed E-state index contributed by atoms with van der Waals surface area (Å²) in [6, 6.07) is 7.12. The molecule has 0 spiro atoms. The maximum atomic E-state index is 11.7. The van der Waals surface area contributed by atoms with Crippen LogP contribution in [0.25, 0.3) is 0 Å². The number of amides is 1. The van der Waals surface area contributed by atoms with Crippen molar-refractivity contribution in [2.75, 3.05) is 12.4 Å². The highest BCUT2D eigenvalue weighted by molar-refractivity contribution is 6.18. The smallest absolute Gasteiger partial charge is 0.325 e. The molecule has 1 aliphatic rings. The minimum Gasteiger partial charge on any atom is -0.468 e. The summed E-state index contributed by atoms with van der Waals surface area (Å²) < 4.78 is 4.66. The van der Waals surface area contributed by atoms with Crippen LogP contribution in [0, 0.1) is 0 Å². The summed E-state index contributed by atoms with van der Waals surface area (Å²) in [7, 11) is 1.28. The third-order valence-corrected chi connectivity index (χ3v) is 2.76. The third kappa shape index (κ3) is 1.14. The Labute approximate surface area is 87.2 Å². The Morgan fingerprint density at radius 1 is 1.40 bits per heavy atom. The van der Waals surface area contributed by atoms with E-state index in [1.54, 1.807) is 25.1 Å². The third-order valence-electron chi connectivity index (χ3n) is 2.76. The highest BCUT2D eigenvalue weighted by atomic mass is 16.5. The van der Waals surface area contributed by atoms with Crippen molar-refractivity contribution in [3.63, 3.8) is 0 Å². The van der Waals surface area contributed by atoms with E-state index in [2.05, 4.69) is 10.1 Å². The minimum absolute atomic E-state index is 0.337. The second kappa shape index (κ2) is 3.08. The van der Waals surface area contributed by atoms with Gasteiger partial charge in [0.15, 0.2) is 5.41 Å². The Morgan fingerprint density at radius 2 is 2.07 bits per heavy atom. The van der Waals surface area contributed by atoms with Crippen molar-refractivity contribution < 1.29 is 14.3 Å². The molecular formula is C11H11NO3. The fraction of sp³-hybridized carbons (Fsp3) is 0.273. The van der Waals surface area contributed by atoms with E-state index in [1.165, 1.54) is 7.11 Å². The zero-order valence-corrected chi connectivity index (χ0v) is 8.53. The van der Waals surface area contributed by atoms with Crippen molar-refractivity contribution in [2.45, 2.75) is 12.3 Å². The molecule has 1 aliphatic heterocycles. The molecule has 0 aliphatic carbocycles. The lowest BCUT2D eigenvalue weighted by atomic mass is 9.84. The number of methoxy groups -OCH3 is 1. The average Bonchev–Trinajstić information content (AvgIpc) is 2.52. The molecule has 2 rings (SSSR count). The number of para-hydroxylation sites is 1. The number of rotatable bonds is 1. The van der Waals surface area contributed by atoms with Gasteiger partial charge in [-0.25, -0.2) is 0 Å². The minimum atomic E-state index is -1.22. The molecule has 1 amide bonds. The maximum absolute atomic E-state index is 11.7. The highest BCUT2D eigenvalue weighted by Crippen LogP contribution is 2.38. The zero-order chi connectivity index (χ0) is 11.1. The van der Waals surface area contributed by atoms with Gasteiger partial charge in [0.1, 0.15) is 0 Å². The number of anilines is 1. The summed E-state index contributed by atoms with van der Waals surface area (Å²) in [4.78, 5) is 23.4. The van der Waals surface area contributed by atoms with Crippen molar-refractivity contribution in [3.8, 4) is 0 Å². The number of benzene rings is 1. The lowest BCUT2D eigenvalue weighted by Gasteiger charge is -2.18. The molecule has 1 atom stereocenters. The molecule has 0 saturated heterocycles.